The molecule has 2 amide bonds. The zero-order chi connectivity index (χ0) is 21.9. The summed E-state index contributed by atoms with van der Waals surface area (Å²) in [4.78, 5) is 41.4. The molecule has 0 aromatic heterocycles. The third-order valence-electron chi connectivity index (χ3n) is 4.64. The average molecular weight is 416 g/mol. The molecule has 0 aliphatic carbocycles. The van der Waals surface area contributed by atoms with Crippen LogP contribution in [-0.2, 0) is 24.0 Å². The van der Waals surface area contributed by atoms with E-state index in [0.717, 1.165) is 29.7 Å². The van der Waals surface area contributed by atoms with Crippen LogP contribution in [-0.4, -0.2) is 55.5 Å². The number of carbonyl (C=O) groups excluding carboxylic acids is 3. The van der Waals surface area contributed by atoms with Crippen LogP contribution in [0.1, 0.15) is 50.2 Å². The van der Waals surface area contributed by atoms with Crippen molar-refractivity contribution in [1.82, 2.24) is 10.6 Å². The number of amides is 2. The lowest BCUT2D eigenvalue weighted by atomic mass is 10.0. The topological polar surface area (TPSA) is 130 Å². The number of nitrogens with one attached hydrogen (secondary N) is 3. The van der Waals surface area contributed by atoms with E-state index in [1.165, 1.54) is 13.3 Å². The predicted molar refractivity (Wildman–Crippen MR) is 111 cm³/mol. The van der Waals surface area contributed by atoms with Crippen molar-refractivity contribution in [3.05, 3.63) is 35.4 Å². The van der Waals surface area contributed by atoms with Crippen molar-refractivity contribution in [1.29, 1.82) is 5.41 Å². The Hall–Kier alpha value is -3.23. The van der Waals surface area contributed by atoms with Gasteiger partial charge in [-0.05, 0) is 17.5 Å². The van der Waals surface area contributed by atoms with E-state index >= 15 is 0 Å². The van der Waals surface area contributed by atoms with Crippen LogP contribution < -0.4 is 10.6 Å². The average Bonchev–Trinajstić information content (AvgIpc) is 3.22. The van der Waals surface area contributed by atoms with E-state index < -0.39 is 18.1 Å². The van der Waals surface area contributed by atoms with Gasteiger partial charge in [-0.2, -0.15) is 0 Å². The summed E-state index contributed by atoms with van der Waals surface area (Å²) in [5.41, 5.74) is 2.40. The highest BCUT2D eigenvalue weighted by molar-refractivity contribution is 6.02. The van der Waals surface area contributed by atoms with Gasteiger partial charge in [0, 0.05) is 25.6 Å². The van der Waals surface area contributed by atoms with Crippen LogP contribution in [0, 0.1) is 5.41 Å². The van der Waals surface area contributed by atoms with E-state index in [9.17, 15) is 14.4 Å². The first kappa shape index (κ1) is 23.1. The number of unbranched alkanes of at least 4 members (excludes halogenated alkanes) is 1. The van der Waals surface area contributed by atoms with Gasteiger partial charge in [0.05, 0.1) is 19.2 Å². The Kier molecular flexibility index (Phi) is 8.99. The highest BCUT2D eigenvalue weighted by Gasteiger charge is 2.26. The van der Waals surface area contributed by atoms with Crippen LogP contribution in [0.2, 0.25) is 0 Å². The Bertz CT molecular complexity index is 791. The SMILES string of the molecule is CCCCC(=O)NC(CNC(=O)CC1CC(c2ccc(C=N)cc2)=NO1)C(=O)OC. The zero-order valence-corrected chi connectivity index (χ0v) is 17.3. The number of esters is 1. The van der Waals surface area contributed by atoms with Crippen LogP contribution in [0.15, 0.2) is 29.4 Å². The van der Waals surface area contributed by atoms with Gasteiger partial charge in [-0.25, -0.2) is 4.79 Å². The number of rotatable bonds is 11. The minimum absolute atomic E-state index is 0.0606. The fraction of sp³-hybridized carbons (Fsp3) is 0.476. The van der Waals surface area contributed by atoms with Gasteiger partial charge in [0.1, 0.15) is 12.1 Å². The van der Waals surface area contributed by atoms with Gasteiger partial charge in [0.2, 0.25) is 11.8 Å². The van der Waals surface area contributed by atoms with E-state index in [1.54, 1.807) is 0 Å². The first-order valence-corrected chi connectivity index (χ1v) is 9.94. The highest BCUT2D eigenvalue weighted by Crippen LogP contribution is 2.19. The van der Waals surface area contributed by atoms with Crippen LogP contribution in [0.5, 0.6) is 0 Å². The Morgan fingerprint density at radius 1 is 1.30 bits per heavy atom. The second-order valence-corrected chi connectivity index (χ2v) is 6.99. The first-order chi connectivity index (χ1) is 14.5. The lowest BCUT2D eigenvalue weighted by molar-refractivity contribution is -0.145. The number of benzene rings is 1. The normalized spacial score (nSPS) is 16.1. The van der Waals surface area contributed by atoms with Gasteiger partial charge < -0.3 is 25.6 Å². The number of hydrogen-bond acceptors (Lipinski definition) is 7. The van der Waals surface area contributed by atoms with Gasteiger partial charge in [0.25, 0.3) is 0 Å². The molecule has 162 valence electrons. The molecule has 0 saturated carbocycles. The number of hydrogen-bond donors (Lipinski definition) is 3. The summed E-state index contributed by atoms with van der Waals surface area (Å²) in [6, 6.07) is 6.40. The molecule has 2 atom stereocenters. The molecular formula is C21H28N4O5. The number of oxime groups is 1. The first-order valence-electron chi connectivity index (χ1n) is 9.94. The molecule has 0 bridgehead atoms. The van der Waals surface area contributed by atoms with Gasteiger partial charge in [-0.15, -0.1) is 0 Å². The van der Waals surface area contributed by atoms with Crippen LogP contribution in [0.4, 0.5) is 0 Å². The standard InChI is InChI=1S/C21H28N4O5/c1-3-4-5-19(26)24-18(21(28)29-2)13-23-20(27)11-16-10-17(25-30-16)15-8-6-14(12-22)7-9-15/h6-9,12,16,18,22H,3-5,10-11,13H2,1-2H3,(H,23,27)(H,24,26). The summed E-state index contributed by atoms with van der Waals surface area (Å²) in [6.07, 6.45) is 3.31. The lowest BCUT2D eigenvalue weighted by Crippen LogP contribution is -2.49. The molecule has 2 rings (SSSR count). The molecule has 1 aromatic rings. The molecule has 3 N–H and O–H groups in total. The van der Waals surface area contributed by atoms with Crippen molar-refractivity contribution in [2.45, 2.75) is 51.2 Å². The molecular weight excluding hydrogens is 388 g/mol. The molecule has 9 heteroatoms. The monoisotopic (exact) mass is 416 g/mol. The van der Waals surface area contributed by atoms with Gasteiger partial charge in [-0.3, -0.25) is 9.59 Å². The molecule has 0 radical (unpaired) electrons. The minimum Gasteiger partial charge on any atom is -0.467 e. The molecule has 30 heavy (non-hydrogen) atoms. The summed E-state index contributed by atoms with van der Waals surface area (Å²) in [7, 11) is 1.23. The Labute approximate surface area is 175 Å². The van der Waals surface area contributed by atoms with Crippen LogP contribution >= 0.6 is 0 Å². The van der Waals surface area contributed by atoms with Crippen molar-refractivity contribution in [3.63, 3.8) is 0 Å². The number of ether oxygens (including phenoxy) is 1. The van der Waals surface area contributed by atoms with Crippen molar-refractivity contribution >= 4 is 29.7 Å². The molecule has 9 nitrogen and oxygen atoms in total. The van der Waals surface area contributed by atoms with Gasteiger partial charge in [-0.1, -0.05) is 42.8 Å². The Morgan fingerprint density at radius 2 is 2.03 bits per heavy atom. The van der Waals surface area contributed by atoms with Crippen molar-refractivity contribution in [2.24, 2.45) is 5.16 Å². The molecule has 0 fully saturated rings. The zero-order valence-electron chi connectivity index (χ0n) is 17.3. The summed E-state index contributed by atoms with van der Waals surface area (Å²) in [5, 5.41) is 16.5. The van der Waals surface area contributed by atoms with Crippen molar-refractivity contribution < 1.29 is 24.0 Å². The molecule has 1 heterocycles. The number of methoxy groups -OCH3 is 1. The fourth-order valence-electron chi connectivity index (χ4n) is 2.91. The van der Waals surface area contributed by atoms with Crippen LogP contribution in [0.3, 0.4) is 0 Å². The van der Waals surface area contributed by atoms with E-state index in [-0.39, 0.29) is 24.8 Å². The smallest absolute Gasteiger partial charge is 0.330 e. The number of carbonyl (C=O) groups is 3. The lowest BCUT2D eigenvalue weighted by Gasteiger charge is -2.17. The quantitative estimate of drug-likeness (QED) is 0.372. The van der Waals surface area contributed by atoms with Crippen LogP contribution in [0.25, 0.3) is 0 Å². The third-order valence-corrected chi connectivity index (χ3v) is 4.64. The third kappa shape index (κ3) is 6.98. The Balaban J connectivity index is 1.80. The van der Waals surface area contributed by atoms with E-state index in [4.69, 9.17) is 15.0 Å². The maximum atomic E-state index is 12.3. The van der Waals surface area contributed by atoms with E-state index in [0.29, 0.717) is 12.8 Å². The van der Waals surface area contributed by atoms with E-state index in [2.05, 4.69) is 15.8 Å². The van der Waals surface area contributed by atoms with Crippen molar-refractivity contribution in [3.8, 4) is 0 Å². The summed E-state index contributed by atoms with van der Waals surface area (Å²) < 4.78 is 4.70. The van der Waals surface area contributed by atoms with Gasteiger partial charge >= 0.3 is 5.97 Å². The van der Waals surface area contributed by atoms with Gasteiger partial charge in [0.15, 0.2) is 0 Å². The molecule has 2 unspecified atom stereocenters. The molecule has 0 spiro atoms. The predicted octanol–water partition coefficient (Wildman–Crippen LogP) is 1.53. The molecule has 1 aliphatic rings. The fourth-order valence-corrected chi connectivity index (χ4v) is 2.91. The number of nitrogens with zero attached hydrogens (tertiary/aromatic N) is 1. The van der Waals surface area contributed by atoms with Crippen molar-refractivity contribution in [2.75, 3.05) is 13.7 Å². The highest BCUT2D eigenvalue weighted by atomic mass is 16.6. The summed E-state index contributed by atoms with van der Waals surface area (Å²) in [5.74, 6) is -1.18. The van der Waals surface area contributed by atoms with E-state index in [1.807, 2.05) is 31.2 Å². The maximum absolute atomic E-state index is 12.3. The largest absolute Gasteiger partial charge is 0.467 e. The molecule has 1 aromatic carbocycles. The minimum atomic E-state index is -0.938. The second-order valence-electron chi connectivity index (χ2n) is 6.99. The summed E-state index contributed by atoms with van der Waals surface area (Å²) in [6.45, 7) is 1.91. The second kappa shape index (κ2) is 11.7. The molecule has 0 saturated heterocycles. The summed E-state index contributed by atoms with van der Waals surface area (Å²) >= 11 is 0. The Morgan fingerprint density at radius 3 is 2.67 bits per heavy atom. The maximum Gasteiger partial charge on any atom is 0.330 e. The molecule has 1 aliphatic heterocycles.